The summed E-state index contributed by atoms with van der Waals surface area (Å²) in [5, 5.41) is 3.95. The Hall–Kier alpha value is -2.67. The van der Waals surface area contributed by atoms with Gasteiger partial charge in [0.1, 0.15) is 0 Å². The van der Waals surface area contributed by atoms with Gasteiger partial charge in [-0.05, 0) is 49.1 Å². The number of carbonyl (C=O) groups excluding carboxylic acids is 1. The Kier molecular flexibility index (Phi) is 6.14. The number of aromatic nitrogens is 3. The molecule has 0 aliphatic heterocycles. The van der Waals surface area contributed by atoms with E-state index in [-0.39, 0.29) is 23.1 Å². The largest absolute Gasteiger partial charge is 0.325 e. The fourth-order valence-corrected chi connectivity index (χ4v) is 3.66. The van der Waals surface area contributed by atoms with Crippen LogP contribution in [0.15, 0.2) is 46.5 Å². The molecule has 7 heteroatoms. The lowest BCUT2D eigenvalue weighted by molar-refractivity contribution is -0.113. The summed E-state index contributed by atoms with van der Waals surface area (Å²) in [5.74, 6) is 0.304. The second-order valence-corrected chi connectivity index (χ2v) is 8.18. The fraction of sp³-hybridized carbons (Fsp3) is 0.333. The third-order valence-corrected chi connectivity index (χ3v) is 5.22. The van der Waals surface area contributed by atoms with Gasteiger partial charge in [0, 0.05) is 18.4 Å². The smallest absolute Gasteiger partial charge is 0.263 e. The molecule has 0 saturated carbocycles. The number of pyridine rings is 1. The van der Waals surface area contributed by atoms with Gasteiger partial charge in [0.05, 0.1) is 11.1 Å². The van der Waals surface area contributed by atoms with E-state index in [4.69, 9.17) is 0 Å². The minimum absolute atomic E-state index is 0.121. The number of hydrogen-bond acceptors (Lipinski definition) is 5. The predicted molar refractivity (Wildman–Crippen MR) is 114 cm³/mol. The molecule has 1 amide bonds. The molecule has 6 nitrogen and oxygen atoms in total. The van der Waals surface area contributed by atoms with Crippen molar-refractivity contribution in [2.24, 2.45) is 5.92 Å². The van der Waals surface area contributed by atoms with Gasteiger partial charge in [0.25, 0.3) is 5.56 Å². The number of rotatable bonds is 6. The van der Waals surface area contributed by atoms with E-state index in [2.05, 4.69) is 15.3 Å². The monoisotopic (exact) mass is 396 g/mol. The third kappa shape index (κ3) is 4.59. The Balaban J connectivity index is 1.84. The molecule has 0 aliphatic carbocycles. The lowest BCUT2D eigenvalue weighted by Gasteiger charge is -2.14. The number of amides is 1. The van der Waals surface area contributed by atoms with Crippen LogP contribution in [0.2, 0.25) is 0 Å². The zero-order valence-corrected chi connectivity index (χ0v) is 17.3. The van der Waals surface area contributed by atoms with Gasteiger partial charge in [0.2, 0.25) is 5.91 Å². The summed E-state index contributed by atoms with van der Waals surface area (Å²) < 4.78 is 1.64. The summed E-state index contributed by atoms with van der Waals surface area (Å²) in [6, 6.07) is 9.40. The van der Waals surface area contributed by atoms with E-state index < -0.39 is 0 Å². The quantitative estimate of drug-likeness (QED) is 0.507. The number of thioether (sulfide) groups is 1. The minimum atomic E-state index is -0.134. The molecule has 0 aliphatic rings. The van der Waals surface area contributed by atoms with E-state index in [9.17, 15) is 9.59 Å². The molecular weight excluding hydrogens is 372 g/mol. The summed E-state index contributed by atoms with van der Waals surface area (Å²) in [6.45, 7) is 8.57. The number of aryl methyl sites for hydroxylation is 2. The predicted octanol–water partition coefficient (Wildman–Crippen LogP) is 3.80. The second-order valence-electron chi connectivity index (χ2n) is 7.23. The maximum atomic E-state index is 12.9. The molecule has 3 rings (SSSR count). The Labute approximate surface area is 168 Å². The zero-order chi connectivity index (χ0) is 20.3. The molecule has 1 N–H and O–H groups in total. The zero-order valence-electron chi connectivity index (χ0n) is 16.5. The summed E-state index contributed by atoms with van der Waals surface area (Å²) in [5.41, 5.74) is 3.18. The van der Waals surface area contributed by atoms with Crippen molar-refractivity contribution in [1.82, 2.24) is 14.5 Å². The van der Waals surface area contributed by atoms with Crippen LogP contribution in [0, 0.1) is 19.8 Å². The van der Waals surface area contributed by atoms with E-state index in [0.717, 1.165) is 16.8 Å². The van der Waals surface area contributed by atoms with Crippen LogP contribution in [0.25, 0.3) is 11.0 Å². The number of fused-ring (bicyclic) bond motifs is 1. The van der Waals surface area contributed by atoms with Crippen molar-refractivity contribution >= 4 is 34.4 Å². The van der Waals surface area contributed by atoms with Gasteiger partial charge >= 0.3 is 0 Å². The van der Waals surface area contributed by atoms with Gasteiger partial charge in [-0.25, -0.2) is 9.97 Å². The van der Waals surface area contributed by atoms with Crippen LogP contribution in [0.4, 0.5) is 5.69 Å². The van der Waals surface area contributed by atoms with Crippen molar-refractivity contribution in [2.75, 3.05) is 11.1 Å². The van der Waals surface area contributed by atoms with E-state index in [1.807, 2.05) is 45.9 Å². The molecule has 2 heterocycles. The molecule has 0 fully saturated rings. The van der Waals surface area contributed by atoms with E-state index in [0.29, 0.717) is 22.7 Å². The maximum Gasteiger partial charge on any atom is 0.263 e. The van der Waals surface area contributed by atoms with Crippen LogP contribution in [-0.4, -0.2) is 26.2 Å². The van der Waals surface area contributed by atoms with Crippen molar-refractivity contribution in [3.8, 4) is 0 Å². The summed E-state index contributed by atoms with van der Waals surface area (Å²) >= 11 is 1.26. The van der Waals surface area contributed by atoms with Crippen LogP contribution >= 0.6 is 11.8 Å². The first kappa shape index (κ1) is 20.1. The van der Waals surface area contributed by atoms with Gasteiger partial charge in [-0.2, -0.15) is 0 Å². The summed E-state index contributed by atoms with van der Waals surface area (Å²) in [7, 11) is 0. The Morgan fingerprint density at radius 1 is 1.25 bits per heavy atom. The van der Waals surface area contributed by atoms with Crippen LogP contribution < -0.4 is 10.9 Å². The van der Waals surface area contributed by atoms with E-state index >= 15 is 0 Å². The molecule has 0 atom stereocenters. The highest BCUT2D eigenvalue weighted by atomic mass is 32.2. The molecule has 0 spiro atoms. The highest BCUT2D eigenvalue weighted by Crippen LogP contribution is 2.20. The first-order valence-corrected chi connectivity index (χ1v) is 10.2. The summed E-state index contributed by atoms with van der Waals surface area (Å²) in [6.07, 6.45) is 1.61. The molecule has 0 radical (unpaired) electrons. The average molecular weight is 397 g/mol. The van der Waals surface area contributed by atoms with Crippen molar-refractivity contribution in [3.05, 3.63) is 58.0 Å². The fourth-order valence-electron chi connectivity index (χ4n) is 2.86. The SMILES string of the molecule is Cc1ccc(C)c(NC(=O)CSc2nc3ncccc3c(=O)n2CC(C)C)c1. The Morgan fingerprint density at radius 3 is 2.79 bits per heavy atom. The molecule has 146 valence electrons. The molecule has 1 aromatic carbocycles. The van der Waals surface area contributed by atoms with Crippen molar-refractivity contribution in [1.29, 1.82) is 0 Å². The molecule has 0 unspecified atom stereocenters. The van der Waals surface area contributed by atoms with Gasteiger partial charge in [-0.15, -0.1) is 0 Å². The van der Waals surface area contributed by atoms with Gasteiger partial charge < -0.3 is 5.32 Å². The number of nitrogens with zero attached hydrogens (tertiary/aromatic N) is 3. The van der Waals surface area contributed by atoms with Crippen molar-refractivity contribution in [3.63, 3.8) is 0 Å². The molecular formula is C21H24N4O2S. The summed E-state index contributed by atoms with van der Waals surface area (Å²) in [4.78, 5) is 34.1. The van der Waals surface area contributed by atoms with Gasteiger partial charge in [0.15, 0.2) is 10.8 Å². The number of benzene rings is 1. The first-order valence-electron chi connectivity index (χ1n) is 9.20. The maximum absolute atomic E-state index is 12.9. The van der Waals surface area contributed by atoms with Crippen LogP contribution in [0.3, 0.4) is 0 Å². The minimum Gasteiger partial charge on any atom is -0.325 e. The number of hydrogen-bond donors (Lipinski definition) is 1. The third-order valence-electron chi connectivity index (χ3n) is 4.24. The van der Waals surface area contributed by atoms with Crippen molar-refractivity contribution in [2.45, 2.75) is 39.4 Å². The lowest BCUT2D eigenvalue weighted by atomic mass is 10.1. The highest BCUT2D eigenvalue weighted by Gasteiger charge is 2.15. The topological polar surface area (TPSA) is 76.9 Å². The van der Waals surface area contributed by atoms with Crippen LogP contribution in [0.5, 0.6) is 0 Å². The van der Waals surface area contributed by atoms with E-state index in [1.165, 1.54) is 11.8 Å². The average Bonchev–Trinajstić information content (AvgIpc) is 2.65. The number of anilines is 1. The molecule has 0 saturated heterocycles. The molecule has 2 aromatic heterocycles. The molecule has 28 heavy (non-hydrogen) atoms. The standard InChI is InChI=1S/C21H24N4O2S/c1-13(2)11-25-20(27)16-6-5-9-22-19(16)24-21(25)28-12-18(26)23-17-10-14(3)7-8-15(17)4/h5-10,13H,11-12H2,1-4H3,(H,23,26). The first-order chi connectivity index (χ1) is 13.3. The second kappa shape index (κ2) is 8.56. The number of nitrogens with one attached hydrogen (secondary N) is 1. The highest BCUT2D eigenvalue weighted by molar-refractivity contribution is 7.99. The lowest BCUT2D eigenvalue weighted by Crippen LogP contribution is -2.26. The molecule has 0 bridgehead atoms. The van der Waals surface area contributed by atoms with E-state index in [1.54, 1.807) is 22.9 Å². The van der Waals surface area contributed by atoms with Crippen LogP contribution in [0.1, 0.15) is 25.0 Å². The Morgan fingerprint density at radius 2 is 2.04 bits per heavy atom. The number of carbonyl (C=O) groups is 1. The van der Waals surface area contributed by atoms with Crippen molar-refractivity contribution < 1.29 is 4.79 Å². The van der Waals surface area contributed by atoms with Gasteiger partial charge in [-0.3, -0.25) is 14.2 Å². The van der Waals surface area contributed by atoms with Crippen LogP contribution in [-0.2, 0) is 11.3 Å². The molecule has 3 aromatic rings. The normalized spacial score (nSPS) is 11.2. The van der Waals surface area contributed by atoms with Gasteiger partial charge in [-0.1, -0.05) is 37.7 Å². The Bertz CT molecular complexity index is 1080.